The van der Waals surface area contributed by atoms with E-state index in [0.29, 0.717) is 21.8 Å². The lowest BCUT2D eigenvalue weighted by atomic mass is 10.1. The van der Waals surface area contributed by atoms with Crippen LogP contribution in [0, 0.1) is 6.92 Å². The second-order valence-corrected chi connectivity index (χ2v) is 4.64. The average molecular weight is 276 g/mol. The summed E-state index contributed by atoms with van der Waals surface area (Å²) >= 11 is 6.00. The summed E-state index contributed by atoms with van der Waals surface area (Å²) in [4.78, 5) is 12.1. The van der Waals surface area contributed by atoms with Gasteiger partial charge in [-0.1, -0.05) is 35.9 Å². The zero-order chi connectivity index (χ0) is 13.8. The smallest absolute Gasteiger partial charge is 0.255 e. The standard InChI is InChI=1S/C15H14ClNO2/c1-10-6-7-11(8-13(10)16)15(19)17-14-5-3-2-4-12(14)9-18/h2-8,18H,9H2,1H3,(H,17,19). The molecule has 0 unspecified atom stereocenters. The van der Waals surface area contributed by atoms with E-state index in [0.717, 1.165) is 5.56 Å². The first-order valence-corrected chi connectivity index (χ1v) is 6.26. The number of hydrogen-bond donors (Lipinski definition) is 2. The fraction of sp³-hybridized carbons (Fsp3) is 0.133. The highest BCUT2D eigenvalue weighted by atomic mass is 35.5. The zero-order valence-electron chi connectivity index (χ0n) is 10.5. The Morgan fingerprint density at radius 2 is 2.00 bits per heavy atom. The molecule has 0 bridgehead atoms. The lowest BCUT2D eigenvalue weighted by Gasteiger charge is -2.09. The fourth-order valence-electron chi connectivity index (χ4n) is 1.71. The molecule has 0 spiro atoms. The van der Waals surface area contributed by atoms with Crippen molar-refractivity contribution < 1.29 is 9.90 Å². The highest BCUT2D eigenvalue weighted by molar-refractivity contribution is 6.31. The lowest BCUT2D eigenvalue weighted by molar-refractivity contribution is 0.102. The maximum absolute atomic E-state index is 12.1. The van der Waals surface area contributed by atoms with Gasteiger partial charge >= 0.3 is 0 Å². The highest BCUT2D eigenvalue weighted by Crippen LogP contribution is 2.19. The maximum atomic E-state index is 12.1. The molecule has 0 saturated heterocycles. The first-order chi connectivity index (χ1) is 9.11. The molecule has 0 radical (unpaired) electrons. The number of amides is 1. The number of para-hydroxylation sites is 1. The minimum Gasteiger partial charge on any atom is -0.392 e. The number of halogens is 1. The molecule has 0 aliphatic heterocycles. The van der Waals surface area contributed by atoms with Crippen LogP contribution < -0.4 is 5.32 Å². The number of carbonyl (C=O) groups is 1. The number of anilines is 1. The maximum Gasteiger partial charge on any atom is 0.255 e. The molecule has 0 aliphatic carbocycles. The van der Waals surface area contributed by atoms with Gasteiger partial charge in [-0.15, -0.1) is 0 Å². The van der Waals surface area contributed by atoms with Crippen molar-refractivity contribution in [1.29, 1.82) is 0 Å². The minimum absolute atomic E-state index is 0.120. The van der Waals surface area contributed by atoms with Crippen LogP contribution >= 0.6 is 11.6 Å². The number of aliphatic hydroxyl groups is 1. The summed E-state index contributed by atoms with van der Waals surface area (Å²) in [7, 11) is 0. The van der Waals surface area contributed by atoms with Crippen LogP contribution in [0.3, 0.4) is 0 Å². The molecule has 0 heterocycles. The minimum atomic E-state index is -0.247. The van der Waals surface area contributed by atoms with Crippen LogP contribution in [0.1, 0.15) is 21.5 Å². The van der Waals surface area contributed by atoms with Gasteiger partial charge in [-0.2, -0.15) is 0 Å². The summed E-state index contributed by atoms with van der Waals surface area (Å²) in [6, 6.07) is 12.3. The van der Waals surface area contributed by atoms with Crippen LogP contribution in [0.5, 0.6) is 0 Å². The molecule has 1 amide bonds. The van der Waals surface area contributed by atoms with Gasteiger partial charge in [0.25, 0.3) is 5.91 Å². The van der Waals surface area contributed by atoms with E-state index in [1.54, 1.807) is 36.4 Å². The average Bonchev–Trinajstić information content (AvgIpc) is 2.42. The molecule has 2 aromatic rings. The summed E-state index contributed by atoms with van der Waals surface area (Å²) < 4.78 is 0. The molecule has 4 heteroatoms. The summed E-state index contributed by atoms with van der Waals surface area (Å²) in [6.07, 6.45) is 0. The van der Waals surface area contributed by atoms with Crippen molar-refractivity contribution in [1.82, 2.24) is 0 Å². The molecule has 0 aromatic heterocycles. The van der Waals surface area contributed by atoms with Crippen LogP contribution in [0.2, 0.25) is 5.02 Å². The van der Waals surface area contributed by atoms with Gasteiger partial charge in [0.2, 0.25) is 0 Å². The molecule has 3 nitrogen and oxygen atoms in total. The lowest BCUT2D eigenvalue weighted by Crippen LogP contribution is -2.13. The van der Waals surface area contributed by atoms with Gasteiger partial charge in [-0.25, -0.2) is 0 Å². The molecule has 0 aliphatic rings. The zero-order valence-corrected chi connectivity index (χ0v) is 11.2. The van der Waals surface area contributed by atoms with Crippen molar-refractivity contribution >= 4 is 23.2 Å². The van der Waals surface area contributed by atoms with E-state index in [-0.39, 0.29) is 12.5 Å². The Hall–Kier alpha value is -1.84. The van der Waals surface area contributed by atoms with Crippen molar-refractivity contribution in [3.05, 3.63) is 64.2 Å². The second-order valence-electron chi connectivity index (χ2n) is 4.23. The topological polar surface area (TPSA) is 49.3 Å². The molecule has 0 fully saturated rings. The van der Waals surface area contributed by atoms with Crippen LogP contribution in [0.4, 0.5) is 5.69 Å². The number of rotatable bonds is 3. The van der Waals surface area contributed by atoms with Crippen molar-refractivity contribution in [2.45, 2.75) is 13.5 Å². The quantitative estimate of drug-likeness (QED) is 0.902. The third-order valence-electron chi connectivity index (χ3n) is 2.87. The molecule has 2 aromatic carbocycles. The van der Waals surface area contributed by atoms with Gasteiger partial charge in [-0.05, 0) is 30.7 Å². The van der Waals surface area contributed by atoms with Crippen molar-refractivity contribution in [3.8, 4) is 0 Å². The monoisotopic (exact) mass is 275 g/mol. The highest BCUT2D eigenvalue weighted by Gasteiger charge is 2.09. The van der Waals surface area contributed by atoms with Crippen molar-refractivity contribution in [3.63, 3.8) is 0 Å². The SMILES string of the molecule is Cc1ccc(C(=O)Nc2ccccc2CO)cc1Cl. The number of hydrogen-bond acceptors (Lipinski definition) is 2. The Bertz CT molecular complexity index is 611. The number of aliphatic hydroxyl groups excluding tert-OH is 1. The molecule has 0 atom stereocenters. The van der Waals surface area contributed by atoms with E-state index in [1.807, 2.05) is 13.0 Å². The Kier molecular flexibility index (Phi) is 4.20. The Morgan fingerprint density at radius 1 is 1.26 bits per heavy atom. The molecular weight excluding hydrogens is 262 g/mol. The first kappa shape index (κ1) is 13.6. The summed E-state index contributed by atoms with van der Waals surface area (Å²) in [5, 5.41) is 12.5. The summed E-state index contributed by atoms with van der Waals surface area (Å²) in [5.74, 6) is -0.247. The van der Waals surface area contributed by atoms with Crippen LogP contribution in [0.25, 0.3) is 0 Å². The van der Waals surface area contributed by atoms with Crippen LogP contribution in [0.15, 0.2) is 42.5 Å². The van der Waals surface area contributed by atoms with E-state index in [2.05, 4.69) is 5.32 Å². The Balaban J connectivity index is 2.23. The third-order valence-corrected chi connectivity index (χ3v) is 3.28. The predicted octanol–water partition coefficient (Wildman–Crippen LogP) is 3.39. The largest absolute Gasteiger partial charge is 0.392 e. The van der Waals surface area contributed by atoms with E-state index >= 15 is 0 Å². The Morgan fingerprint density at radius 3 is 2.68 bits per heavy atom. The number of aryl methyl sites for hydroxylation is 1. The van der Waals surface area contributed by atoms with E-state index in [1.165, 1.54) is 0 Å². The third kappa shape index (κ3) is 3.13. The van der Waals surface area contributed by atoms with Crippen molar-refractivity contribution in [2.75, 3.05) is 5.32 Å². The normalized spacial score (nSPS) is 10.3. The van der Waals surface area contributed by atoms with Gasteiger partial charge in [0, 0.05) is 21.8 Å². The van der Waals surface area contributed by atoms with Gasteiger partial charge in [0.05, 0.1) is 6.61 Å². The molecule has 0 saturated carbocycles. The van der Waals surface area contributed by atoms with Gasteiger partial charge in [0.15, 0.2) is 0 Å². The molecule has 98 valence electrons. The van der Waals surface area contributed by atoms with Crippen LogP contribution in [-0.2, 0) is 6.61 Å². The van der Waals surface area contributed by atoms with E-state index < -0.39 is 0 Å². The van der Waals surface area contributed by atoms with Crippen LogP contribution in [-0.4, -0.2) is 11.0 Å². The van der Waals surface area contributed by atoms with Gasteiger partial charge < -0.3 is 10.4 Å². The Labute approximate surface area is 116 Å². The van der Waals surface area contributed by atoms with Gasteiger partial charge in [0.1, 0.15) is 0 Å². The van der Waals surface area contributed by atoms with E-state index in [4.69, 9.17) is 11.6 Å². The summed E-state index contributed by atoms with van der Waals surface area (Å²) in [6.45, 7) is 1.76. The number of carbonyl (C=O) groups excluding carboxylic acids is 1. The number of benzene rings is 2. The van der Waals surface area contributed by atoms with Crippen molar-refractivity contribution in [2.24, 2.45) is 0 Å². The number of nitrogens with one attached hydrogen (secondary N) is 1. The first-order valence-electron chi connectivity index (χ1n) is 5.88. The molecule has 2 rings (SSSR count). The van der Waals surface area contributed by atoms with Gasteiger partial charge in [-0.3, -0.25) is 4.79 Å². The van der Waals surface area contributed by atoms with E-state index in [9.17, 15) is 9.90 Å². The predicted molar refractivity (Wildman–Crippen MR) is 76.5 cm³/mol. The summed E-state index contributed by atoms with van der Waals surface area (Å²) in [5.41, 5.74) is 2.69. The molecule has 19 heavy (non-hydrogen) atoms. The molecule has 2 N–H and O–H groups in total. The second kappa shape index (κ2) is 5.87. The fourth-order valence-corrected chi connectivity index (χ4v) is 1.89. The molecular formula is C15H14ClNO2.